The molecule has 0 spiro atoms. The van der Waals surface area contributed by atoms with Crippen LogP contribution in [0.4, 0.5) is 5.69 Å². The van der Waals surface area contributed by atoms with Crippen molar-refractivity contribution in [1.82, 2.24) is 0 Å². The summed E-state index contributed by atoms with van der Waals surface area (Å²) in [6.45, 7) is 0. The van der Waals surface area contributed by atoms with E-state index in [1.807, 2.05) is 6.07 Å². The minimum absolute atomic E-state index is 0.0216. The van der Waals surface area contributed by atoms with E-state index in [-0.39, 0.29) is 5.69 Å². The van der Waals surface area contributed by atoms with E-state index in [2.05, 4.69) is 15.9 Å². The molecule has 3 rings (SSSR count). The first-order valence-corrected chi connectivity index (χ1v) is 6.82. The molecule has 0 saturated carbocycles. The van der Waals surface area contributed by atoms with Crippen molar-refractivity contribution in [1.29, 1.82) is 0 Å². The SMILES string of the molecule is O=c1oc2ccc(Br)cc2cc1-c1ccc([N+](=O)[O-])cc1. The Kier molecular flexibility index (Phi) is 3.31. The summed E-state index contributed by atoms with van der Waals surface area (Å²) in [6, 6.07) is 12.8. The Morgan fingerprint density at radius 3 is 2.43 bits per heavy atom. The molecule has 0 fully saturated rings. The highest BCUT2D eigenvalue weighted by molar-refractivity contribution is 9.10. The van der Waals surface area contributed by atoms with Gasteiger partial charge in [-0.2, -0.15) is 0 Å². The molecule has 1 aromatic heterocycles. The number of fused-ring (bicyclic) bond motifs is 1. The van der Waals surface area contributed by atoms with E-state index in [4.69, 9.17) is 4.42 Å². The summed E-state index contributed by atoms with van der Waals surface area (Å²) >= 11 is 3.36. The van der Waals surface area contributed by atoms with Crippen LogP contribution in [-0.4, -0.2) is 4.92 Å². The number of hydrogen-bond acceptors (Lipinski definition) is 4. The van der Waals surface area contributed by atoms with Gasteiger partial charge in [0.15, 0.2) is 0 Å². The summed E-state index contributed by atoms with van der Waals surface area (Å²) in [4.78, 5) is 22.2. The topological polar surface area (TPSA) is 73.3 Å². The number of nitrogens with zero attached hydrogens (tertiary/aromatic N) is 1. The van der Waals surface area contributed by atoms with Crippen LogP contribution in [-0.2, 0) is 0 Å². The Morgan fingerprint density at radius 1 is 1.05 bits per heavy atom. The average molecular weight is 346 g/mol. The lowest BCUT2D eigenvalue weighted by molar-refractivity contribution is -0.384. The monoisotopic (exact) mass is 345 g/mol. The van der Waals surface area contributed by atoms with Gasteiger partial charge in [-0.3, -0.25) is 10.1 Å². The van der Waals surface area contributed by atoms with Gasteiger partial charge in [0.05, 0.1) is 10.5 Å². The molecule has 0 radical (unpaired) electrons. The number of non-ortho nitro benzene ring substituents is 1. The number of benzene rings is 2. The van der Waals surface area contributed by atoms with Crippen LogP contribution in [0.1, 0.15) is 0 Å². The van der Waals surface area contributed by atoms with Crippen LogP contribution in [0.2, 0.25) is 0 Å². The van der Waals surface area contributed by atoms with Crippen LogP contribution in [0.3, 0.4) is 0 Å². The molecule has 0 unspecified atom stereocenters. The molecular weight excluding hydrogens is 338 g/mol. The third kappa shape index (κ3) is 2.57. The largest absolute Gasteiger partial charge is 0.422 e. The second-order valence-electron chi connectivity index (χ2n) is 4.43. The Balaban J connectivity index is 2.17. The Morgan fingerprint density at radius 2 is 1.76 bits per heavy atom. The van der Waals surface area contributed by atoms with Crippen molar-refractivity contribution in [3.63, 3.8) is 0 Å². The normalized spacial score (nSPS) is 10.7. The quantitative estimate of drug-likeness (QED) is 0.397. The van der Waals surface area contributed by atoms with Gasteiger partial charge in [0.25, 0.3) is 5.69 Å². The molecule has 0 N–H and O–H groups in total. The summed E-state index contributed by atoms with van der Waals surface area (Å²) in [7, 11) is 0. The zero-order valence-corrected chi connectivity index (χ0v) is 12.2. The molecule has 0 saturated heterocycles. The number of hydrogen-bond donors (Lipinski definition) is 0. The molecule has 1 heterocycles. The van der Waals surface area contributed by atoms with Crippen molar-refractivity contribution < 1.29 is 9.34 Å². The van der Waals surface area contributed by atoms with Gasteiger partial charge in [0, 0.05) is 22.0 Å². The van der Waals surface area contributed by atoms with Crippen LogP contribution in [0.5, 0.6) is 0 Å². The van der Waals surface area contributed by atoms with Gasteiger partial charge in [0.1, 0.15) is 5.58 Å². The van der Waals surface area contributed by atoms with E-state index < -0.39 is 10.5 Å². The summed E-state index contributed by atoms with van der Waals surface area (Å²) in [6.07, 6.45) is 0. The van der Waals surface area contributed by atoms with Crippen LogP contribution < -0.4 is 5.63 Å². The molecule has 2 aromatic carbocycles. The highest BCUT2D eigenvalue weighted by atomic mass is 79.9. The molecule has 6 heteroatoms. The van der Waals surface area contributed by atoms with E-state index in [9.17, 15) is 14.9 Å². The summed E-state index contributed by atoms with van der Waals surface area (Å²) in [5, 5.41) is 11.4. The fraction of sp³-hybridized carbons (Fsp3) is 0. The lowest BCUT2D eigenvalue weighted by Gasteiger charge is -2.03. The fourth-order valence-corrected chi connectivity index (χ4v) is 2.44. The zero-order valence-electron chi connectivity index (χ0n) is 10.6. The minimum atomic E-state index is -0.482. The molecular formula is C15H8BrNO4. The van der Waals surface area contributed by atoms with Crippen LogP contribution in [0, 0.1) is 10.1 Å². The van der Waals surface area contributed by atoms with E-state index in [1.165, 1.54) is 24.3 Å². The predicted molar refractivity (Wildman–Crippen MR) is 82.3 cm³/mol. The molecule has 0 aliphatic rings. The van der Waals surface area contributed by atoms with Gasteiger partial charge in [-0.05, 0) is 42.0 Å². The second-order valence-corrected chi connectivity index (χ2v) is 5.35. The van der Waals surface area contributed by atoms with Crippen molar-refractivity contribution in [2.24, 2.45) is 0 Å². The van der Waals surface area contributed by atoms with Gasteiger partial charge in [0.2, 0.25) is 0 Å². The first-order chi connectivity index (χ1) is 10.0. The molecule has 5 nitrogen and oxygen atoms in total. The van der Waals surface area contributed by atoms with E-state index >= 15 is 0 Å². The van der Waals surface area contributed by atoms with Gasteiger partial charge < -0.3 is 4.42 Å². The second kappa shape index (κ2) is 5.14. The Labute approximate surface area is 127 Å². The summed E-state index contributed by atoms with van der Waals surface area (Å²) < 4.78 is 6.14. The van der Waals surface area contributed by atoms with Gasteiger partial charge in [-0.1, -0.05) is 15.9 Å². The number of nitro benzene ring substituents is 1. The third-order valence-corrected chi connectivity index (χ3v) is 3.58. The van der Waals surface area contributed by atoms with E-state index in [0.717, 1.165) is 9.86 Å². The predicted octanol–water partition coefficient (Wildman–Crippen LogP) is 4.13. The van der Waals surface area contributed by atoms with Gasteiger partial charge in [-0.25, -0.2) is 4.79 Å². The lowest BCUT2D eigenvalue weighted by atomic mass is 10.1. The van der Waals surface area contributed by atoms with Crippen molar-refractivity contribution in [2.45, 2.75) is 0 Å². The van der Waals surface area contributed by atoms with Crippen LogP contribution in [0.25, 0.3) is 22.1 Å². The minimum Gasteiger partial charge on any atom is -0.422 e. The molecule has 0 amide bonds. The van der Waals surface area contributed by atoms with Gasteiger partial charge >= 0.3 is 5.63 Å². The fourth-order valence-electron chi connectivity index (χ4n) is 2.06. The molecule has 0 atom stereocenters. The molecule has 0 aliphatic heterocycles. The van der Waals surface area contributed by atoms with Crippen molar-refractivity contribution in [3.8, 4) is 11.1 Å². The van der Waals surface area contributed by atoms with Crippen molar-refractivity contribution >= 4 is 32.6 Å². The van der Waals surface area contributed by atoms with Crippen LogP contribution >= 0.6 is 15.9 Å². The molecule has 21 heavy (non-hydrogen) atoms. The molecule has 104 valence electrons. The maximum atomic E-state index is 12.0. The van der Waals surface area contributed by atoms with Gasteiger partial charge in [-0.15, -0.1) is 0 Å². The Hall–Kier alpha value is -2.47. The first-order valence-electron chi connectivity index (χ1n) is 6.03. The lowest BCUT2D eigenvalue weighted by Crippen LogP contribution is -2.02. The van der Waals surface area contributed by atoms with E-state index in [1.54, 1.807) is 18.2 Å². The molecule has 0 aliphatic carbocycles. The average Bonchev–Trinajstić information content (AvgIpc) is 2.47. The first kappa shape index (κ1) is 13.5. The number of nitro groups is 1. The summed E-state index contributed by atoms with van der Waals surface area (Å²) in [5.41, 5.74) is 0.950. The highest BCUT2D eigenvalue weighted by Crippen LogP contribution is 2.25. The maximum absolute atomic E-state index is 12.0. The van der Waals surface area contributed by atoms with Crippen molar-refractivity contribution in [2.75, 3.05) is 0 Å². The smallest absolute Gasteiger partial charge is 0.344 e. The number of rotatable bonds is 2. The highest BCUT2D eigenvalue weighted by Gasteiger charge is 2.10. The molecule has 3 aromatic rings. The van der Waals surface area contributed by atoms with Crippen molar-refractivity contribution in [3.05, 3.63) is 73.5 Å². The third-order valence-electron chi connectivity index (χ3n) is 3.08. The zero-order chi connectivity index (χ0) is 15.0. The Bertz CT molecular complexity index is 900. The van der Waals surface area contributed by atoms with Crippen LogP contribution in [0.15, 0.2) is 62.2 Å². The maximum Gasteiger partial charge on any atom is 0.344 e. The standard InChI is InChI=1S/C15H8BrNO4/c16-11-3-6-14-10(7-11)8-13(15(18)21-14)9-1-4-12(5-2-9)17(19)20/h1-8H. The number of halogens is 1. The van der Waals surface area contributed by atoms with E-state index in [0.29, 0.717) is 16.7 Å². The molecule has 0 bridgehead atoms. The summed E-state index contributed by atoms with van der Waals surface area (Å²) in [5.74, 6) is 0.